The average molecular weight is 239 g/mol. The minimum Gasteiger partial charge on any atom is -0.381 e. The van der Waals surface area contributed by atoms with Gasteiger partial charge in [-0.25, -0.2) is 0 Å². The van der Waals surface area contributed by atoms with Gasteiger partial charge in [-0.1, -0.05) is 0 Å². The Morgan fingerprint density at radius 2 is 2.00 bits per heavy atom. The number of hydrogen-bond donors (Lipinski definition) is 0. The fourth-order valence-corrected chi connectivity index (χ4v) is 3.26. The molecule has 0 aromatic heterocycles. The lowest BCUT2D eigenvalue weighted by Gasteiger charge is -2.48. The van der Waals surface area contributed by atoms with Crippen molar-refractivity contribution in [3.63, 3.8) is 0 Å². The van der Waals surface area contributed by atoms with Crippen LogP contribution in [0.2, 0.25) is 0 Å². The Hall–Kier alpha value is -0.120. The van der Waals surface area contributed by atoms with Crippen LogP contribution in [0, 0.1) is 10.8 Å². The van der Waals surface area contributed by atoms with Gasteiger partial charge in [-0.15, -0.1) is 0 Å². The molecule has 2 aliphatic heterocycles. The number of ether oxygens (including phenoxy) is 2. The van der Waals surface area contributed by atoms with Crippen molar-refractivity contribution in [2.24, 2.45) is 10.8 Å². The molecule has 1 saturated carbocycles. The van der Waals surface area contributed by atoms with Crippen LogP contribution < -0.4 is 0 Å². The fourth-order valence-electron chi connectivity index (χ4n) is 3.26. The summed E-state index contributed by atoms with van der Waals surface area (Å²) in [6.45, 7) is 11.0. The summed E-state index contributed by atoms with van der Waals surface area (Å²) < 4.78 is 11.3. The Morgan fingerprint density at radius 3 is 2.53 bits per heavy atom. The summed E-state index contributed by atoms with van der Waals surface area (Å²) in [6, 6.07) is 0. The molecule has 0 N–H and O–H groups in total. The van der Waals surface area contributed by atoms with Crippen molar-refractivity contribution in [2.45, 2.75) is 39.2 Å². The zero-order valence-corrected chi connectivity index (χ0v) is 11.2. The van der Waals surface area contributed by atoms with Crippen LogP contribution in [0.4, 0.5) is 0 Å². The monoisotopic (exact) mass is 239 g/mol. The molecule has 0 amide bonds. The Balaban J connectivity index is 1.43. The van der Waals surface area contributed by atoms with Crippen molar-refractivity contribution in [1.29, 1.82) is 0 Å². The van der Waals surface area contributed by atoms with E-state index in [-0.39, 0.29) is 0 Å². The van der Waals surface area contributed by atoms with E-state index in [4.69, 9.17) is 9.47 Å². The number of nitrogens with zero attached hydrogens (tertiary/aromatic N) is 1. The van der Waals surface area contributed by atoms with Crippen LogP contribution in [-0.4, -0.2) is 50.5 Å². The van der Waals surface area contributed by atoms with Gasteiger partial charge in [-0.3, -0.25) is 0 Å². The van der Waals surface area contributed by atoms with Crippen molar-refractivity contribution in [3.8, 4) is 0 Å². The highest BCUT2D eigenvalue weighted by atomic mass is 16.5. The predicted molar refractivity (Wildman–Crippen MR) is 67.1 cm³/mol. The Kier molecular flexibility index (Phi) is 2.96. The van der Waals surface area contributed by atoms with Crippen molar-refractivity contribution in [1.82, 2.24) is 4.90 Å². The van der Waals surface area contributed by atoms with Crippen molar-refractivity contribution in [3.05, 3.63) is 0 Å². The van der Waals surface area contributed by atoms with Crippen LogP contribution in [0.15, 0.2) is 0 Å². The first-order valence-electron chi connectivity index (χ1n) is 7.03. The lowest BCUT2D eigenvalue weighted by atomic mass is 9.78. The topological polar surface area (TPSA) is 21.7 Å². The molecular weight excluding hydrogens is 214 g/mol. The van der Waals surface area contributed by atoms with Crippen molar-refractivity contribution in [2.75, 3.05) is 39.5 Å². The molecule has 0 radical (unpaired) electrons. The first-order chi connectivity index (χ1) is 8.12. The summed E-state index contributed by atoms with van der Waals surface area (Å²) in [5, 5.41) is 0. The average Bonchev–Trinajstić information content (AvgIpc) is 2.81. The highest BCUT2D eigenvalue weighted by Gasteiger charge is 2.51. The quantitative estimate of drug-likeness (QED) is 0.731. The molecule has 0 aromatic carbocycles. The Labute approximate surface area is 104 Å². The van der Waals surface area contributed by atoms with E-state index in [2.05, 4.69) is 18.7 Å². The summed E-state index contributed by atoms with van der Waals surface area (Å²) in [5.74, 6) is 0. The van der Waals surface area contributed by atoms with Gasteiger partial charge < -0.3 is 14.4 Å². The van der Waals surface area contributed by atoms with Gasteiger partial charge >= 0.3 is 0 Å². The molecule has 0 unspecified atom stereocenters. The zero-order valence-electron chi connectivity index (χ0n) is 11.2. The fraction of sp³-hybridized carbons (Fsp3) is 1.00. The minimum absolute atomic E-state index is 0.374. The summed E-state index contributed by atoms with van der Waals surface area (Å²) in [6.07, 6.45) is 4.37. The third kappa shape index (κ3) is 2.51. The summed E-state index contributed by atoms with van der Waals surface area (Å²) >= 11 is 0. The summed E-state index contributed by atoms with van der Waals surface area (Å²) in [7, 11) is 0. The maximum absolute atomic E-state index is 5.80. The van der Waals surface area contributed by atoms with Gasteiger partial charge in [0.2, 0.25) is 0 Å². The van der Waals surface area contributed by atoms with Crippen LogP contribution in [0.1, 0.15) is 33.1 Å². The second kappa shape index (κ2) is 4.22. The summed E-state index contributed by atoms with van der Waals surface area (Å²) in [5.41, 5.74) is 1.04. The smallest absolute Gasteiger partial charge is 0.0547 e. The highest BCUT2D eigenvalue weighted by molar-refractivity contribution is 5.03. The van der Waals surface area contributed by atoms with E-state index in [0.717, 1.165) is 19.8 Å². The lowest BCUT2D eigenvalue weighted by Crippen LogP contribution is -2.58. The molecule has 3 heteroatoms. The van der Waals surface area contributed by atoms with Gasteiger partial charge in [-0.05, 0) is 33.1 Å². The third-order valence-corrected chi connectivity index (χ3v) is 4.54. The van der Waals surface area contributed by atoms with Gasteiger partial charge in [-0.2, -0.15) is 0 Å². The maximum Gasteiger partial charge on any atom is 0.0547 e. The SMILES string of the molecule is CC(C)OCC1(CN2CC3(CCOC3)C2)CC1. The molecule has 1 aliphatic carbocycles. The first kappa shape index (κ1) is 11.9. The maximum atomic E-state index is 5.80. The van der Waals surface area contributed by atoms with E-state index < -0.39 is 0 Å². The van der Waals surface area contributed by atoms with E-state index in [1.807, 2.05) is 0 Å². The molecule has 0 atom stereocenters. The highest BCUT2D eigenvalue weighted by Crippen LogP contribution is 2.49. The van der Waals surface area contributed by atoms with Crippen LogP contribution in [0.5, 0.6) is 0 Å². The minimum atomic E-state index is 0.374. The molecule has 3 nitrogen and oxygen atoms in total. The van der Waals surface area contributed by atoms with Crippen molar-refractivity contribution >= 4 is 0 Å². The molecular formula is C14H25NO2. The second-order valence-electron chi connectivity index (χ2n) is 6.81. The van der Waals surface area contributed by atoms with E-state index in [9.17, 15) is 0 Å². The Bertz CT molecular complexity index is 272. The Morgan fingerprint density at radius 1 is 1.24 bits per heavy atom. The molecule has 17 heavy (non-hydrogen) atoms. The molecule has 0 bridgehead atoms. The van der Waals surface area contributed by atoms with Crippen LogP contribution in [0.25, 0.3) is 0 Å². The number of likely N-dealkylation sites (tertiary alicyclic amines) is 1. The van der Waals surface area contributed by atoms with E-state index in [1.165, 1.54) is 38.9 Å². The normalized spacial score (nSPS) is 29.8. The van der Waals surface area contributed by atoms with E-state index >= 15 is 0 Å². The number of hydrogen-bond acceptors (Lipinski definition) is 3. The molecule has 2 saturated heterocycles. The van der Waals surface area contributed by atoms with Crippen LogP contribution >= 0.6 is 0 Å². The molecule has 1 spiro atoms. The van der Waals surface area contributed by atoms with E-state index in [1.54, 1.807) is 0 Å². The second-order valence-corrected chi connectivity index (χ2v) is 6.81. The molecule has 3 rings (SSSR count). The zero-order chi connectivity index (χ0) is 11.9. The molecule has 3 aliphatic rings. The number of rotatable bonds is 5. The molecule has 3 fully saturated rings. The summed E-state index contributed by atoms with van der Waals surface area (Å²) in [4.78, 5) is 2.62. The van der Waals surface area contributed by atoms with Gasteiger partial charge in [0.25, 0.3) is 0 Å². The molecule has 0 aromatic rings. The first-order valence-corrected chi connectivity index (χ1v) is 7.03. The van der Waals surface area contributed by atoms with Gasteiger partial charge in [0.15, 0.2) is 0 Å². The lowest BCUT2D eigenvalue weighted by molar-refractivity contribution is -0.0370. The van der Waals surface area contributed by atoms with Crippen molar-refractivity contribution < 1.29 is 9.47 Å². The standard InChI is InChI=1S/C14H25NO2/c1-12(2)17-11-13(3-4-13)7-15-8-14(9-15)5-6-16-10-14/h12H,3-11H2,1-2H3. The van der Waals surface area contributed by atoms with Gasteiger partial charge in [0.1, 0.15) is 0 Å². The van der Waals surface area contributed by atoms with Gasteiger partial charge in [0, 0.05) is 37.1 Å². The molecule has 98 valence electrons. The third-order valence-electron chi connectivity index (χ3n) is 4.54. The van der Waals surface area contributed by atoms with Crippen LogP contribution in [-0.2, 0) is 9.47 Å². The molecule has 2 heterocycles. The largest absolute Gasteiger partial charge is 0.381 e. The van der Waals surface area contributed by atoms with Crippen LogP contribution in [0.3, 0.4) is 0 Å². The van der Waals surface area contributed by atoms with E-state index in [0.29, 0.717) is 16.9 Å². The predicted octanol–water partition coefficient (Wildman–Crippen LogP) is 1.91. The van der Waals surface area contributed by atoms with Gasteiger partial charge in [0.05, 0.1) is 19.3 Å².